The highest BCUT2D eigenvalue weighted by Crippen LogP contribution is 2.29. The van der Waals surface area contributed by atoms with Crippen LogP contribution >= 0.6 is 11.6 Å². The second-order valence-corrected chi connectivity index (χ2v) is 10.1. The number of hydrogen-bond acceptors (Lipinski definition) is 8. The predicted molar refractivity (Wildman–Crippen MR) is 175 cm³/mol. The molecule has 236 valence electrons. The lowest BCUT2D eigenvalue weighted by Gasteiger charge is -2.11. The summed E-state index contributed by atoms with van der Waals surface area (Å²) in [5, 5.41) is 9.47. The van der Waals surface area contributed by atoms with Crippen molar-refractivity contribution in [2.75, 3.05) is 24.4 Å². The summed E-state index contributed by atoms with van der Waals surface area (Å²) in [4.78, 5) is 50.4. The Bertz CT molecular complexity index is 1720. The monoisotopic (exact) mass is 642 g/mol. The van der Waals surface area contributed by atoms with Gasteiger partial charge in [-0.3, -0.25) is 14.4 Å². The number of benzene rings is 4. The van der Waals surface area contributed by atoms with Gasteiger partial charge in [0.05, 0.1) is 36.7 Å². The topological polar surface area (TPSA) is 144 Å². The van der Waals surface area contributed by atoms with Crippen molar-refractivity contribution in [3.63, 3.8) is 0 Å². The van der Waals surface area contributed by atoms with Gasteiger partial charge in [-0.1, -0.05) is 37.1 Å². The first-order chi connectivity index (χ1) is 22.3. The van der Waals surface area contributed by atoms with Crippen LogP contribution in [0.3, 0.4) is 0 Å². The van der Waals surface area contributed by atoms with Crippen LogP contribution in [0.2, 0.25) is 5.02 Å². The minimum Gasteiger partial charge on any atom is -0.494 e. The summed E-state index contributed by atoms with van der Waals surface area (Å²) in [5.74, 6) is -2.09. The number of rotatable bonds is 12. The van der Waals surface area contributed by atoms with Gasteiger partial charge in [0.2, 0.25) is 0 Å². The number of unbranched alkanes of at least 4 members (excludes halogenated alkanes) is 1. The van der Waals surface area contributed by atoms with E-state index < -0.39 is 23.7 Å². The highest BCUT2D eigenvalue weighted by molar-refractivity contribution is 6.40. The Labute approximate surface area is 270 Å². The maximum Gasteiger partial charge on any atom is 0.343 e. The van der Waals surface area contributed by atoms with E-state index in [0.29, 0.717) is 34.2 Å². The normalized spacial score (nSPS) is 10.6. The number of amides is 3. The molecule has 0 fully saturated rings. The molecule has 0 atom stereocenters. The molecule has 4 rings (SSSR count). The van der Waals surface area contributed by atoms with E-state index >= 15 is 0 Å². The van der Waals surface area contributed by atoms with Gasteiger partial charge >= 0.3 is 17.8 Å². The molecule has 0 unspecified atom stereocenters. The average Bonchev–Trinajstić information content (AvgIpc) is 3.07. The maximum atomic E-state index is 12.8. The fraction of sp³-hybridized carbons (Fsp3) is 0.147. The summed E-state index contributed by atoms with van der Waals surface area (Å²) in [7, 11) is 1.41. The van der Waals surface area contributed by atoms with Crippen LogP contribution in [0.1, 0.15) is 46.0 Å². The molecule has 0 radical (unpaired) electrons. The van der Waals surface area contributed by atoms with Crippen LogP contribution in [0.5, 0.6) is 17.2 Å². The van der Waals surface area contributed by atoms with Crippen LogP contribution < -0.4 is 30.3 Å². The first kappa shape index (κ1) is 33.2. The number of hydrazone groups is 1. The van der Waals surface area contributed by atoms with Gasteiger partial charge < -0.3 is 24.8 Å². The Hall–Kier alpha value is -5.68. The van der Waals surface area contributed by atoms with E-state index in [4.69, 9.17) is 25.8 Å². The molecule has 0 heterocycles. The molecule has 4 aromatic rings. The molecule has 3 amide bonds. The Kier molecular flexibility index (Phi) is 11.8. The first-order valence-electron chi connectivity index (χ1n) is 14.2. The van der Waals surface area contributed by atoms with E-state index in [1.807, 2.05) is 0 Å². The van der Waals surface area contributed by atoms with Gasteiger partial charge in [0.1, 0.15) is 5.75 Å². The van der Waals surface area contributed by atoms with Gasteiger partial charge in [-0.05, 0) is 90.8 Å². The fourth-order valence-corrected chi connectivity index (χ4v) is 4.07. The third-order valence-corrected chi connectivity index (χ3v) is 6.61. The second kappa shape index (κ2) is 16.4. The van der Waals surface area contributed by atoms with Crippen molar-refractivity contribution < 1.29 is 33.4 Å². The summed E-state index contributed by atoms with van der Waals surface area (Å²) >= 11 is 5.89. The van der Waals surface area contributed by atoms with Gasteiger partial charge in [-0.15, -0.1) is 0 Å². The van der Waals surface area contributed by atoms with Gasteiger partial charge in [-0.2, -0.15) is 5.10 Å². The first-order valence-corrected chi connectivity index (χ1v) is 14.6. The molecule has 0 aliphatic carbocycles. The number of hydrogen-bond donors (Lipinski definition) is 3. The molecular formula is C34H31ClN4O7. The van der Waals surface area contributed by atoms with Crippen LogP contribution in [-0.2, 0) is 9.59 Å². The SMILES string of the molecule is CCCCOc1ccc(C(=O)Oc2ccc(/C=N/NC(=O)C(=O)Nc3ccccc3C(=O)Nc3ccc(Cl)cc3)cc2OC)cc1. The van der Waals surface area contributed by atoms with Crippen LogP contribution in [0.25, 0.3) is 0 Å². The zero-order valence-electron chi connectivity index (χ0n) is 25.0. The van der Waals surface area contributed by atoms with Crippen molar-refractivity contribution in [1.82, 2.24) is 5.43 Å². The van der Waals surface area contributed by atoms with Crippen LogP contribution in [0.4, 0.5) is 11.4 Å². The molecule has 0 saturated carbocycles. The smallest absolute Gasteiger partial charge is 0.343 e. The zero-order chi connectivity index (χ0) is 32.9. The minimum atomic E-state index is -1.07. The Morgan fingerprint density at radius 3 is 2.30 bits per heavy atom. The average molecular weight is 643 g/mol. The van der Waals surface area contributed by atoms with E-state index in [1.54, 1.807) is 72.8 Å². The lowest BCUT2D eigenvalue weighted by Crippen LogP contribution is -2.33. The number of carbonyl (C=O) groups excluding carboxylic acids is 4. The van der Waals surface area contributed by atoms with Gasteiger partial charge in [-0.25, -0.2) is 10.2 Å². The van der Waals surface area contributed by atoms with Crippen molar-refractivity contribution in [3.8, 4) is 17.2 Å². The molecule has 12 heteroatoms. The maximum absolute atomic E-state index is 12.8. The fourth-order valence-electron chi connectivity index (χ4n) is 3.95. The third kappa shape index (κ3) is 9.41. The van der Waals surface area contributed by atoms with E-state index in [-0.39, 0.29) is 22.7 Å². The van der Waals surface area contributed by atoms with Gasteiger partial charge in [0.15, 0.2) is 11.5 Å². The van der Waals surface area contributed by atoms with E-state index in [2.05, 4.69) is 28.1 Å². The molecule has 3 N–H and O–H groups in total. The summed E-state index contributed by atoms with van der Waals surface area (Å²) in [6, 6.07) is 24.0. The largest absolute Gasteiger partial charge is 0.494 e. The lowest BCUT2D eigenvalue weighted by molar-refractivity contribution is -0.136. The summed E-state index contributed by atoms with van der Waals surface area (Å²) < 4.78 is 16.5. The quantitative estimate of drug-likeness (QED) is 0.0424. The van der Waals surface area contributed by atoms with Crippen LogP contribution in [0, 0.1) is 0 Å². The summed E-state index contributed by atoms with van der Waals surface area (Å²) in [6.45, 7) is 2.68. The molecule has 0 bridgehead atoms. The molecule has 0 saturated heterocycles. The zero-order valence-corrected chi connectivity index (χ0v) is 25.8. The van der Waals surface area contributed by atoms with Crippen molar-refractivity contribution in [1.29, 1.82) is 0 Å². The van der Waals surface area contributed by atoms with Crippen molar-refractivity contribution in [2.45, 2.75) is 19.8 Å². The highest BCUT2D eigenvalue weighted by atomic mass is 35.5. The number of nitrogens with one attached hydrogen (secondary N) is 3. The Morgan fingerprint density at radius 2 is 1.59 bits per heavy atom. The summed E-state index contributed by atoms with van der Waals surface area (Å²) in [5.41, 5.74) is 3.73. The van der Waals surface area contributed by atoms with Crippen LogP contribution in [0.15, 0.2) is 96.1 Å². The number of halogens is 1. The molecule has 46 heavy (non-hydrogen) atoms. The molecule has 0 aromatic heterocycles. The number of para-hydroxylation sites is 1. The lowest BCUT2D eigenvalue weighted by atomic mass is 10.1. The predicted octanol–water partition coefficient (Wildman–Crippen LogP) is 6.09. The number of ether oxygens (including phenoxy) is 3. The number of methoxy groups -OCH3 is 1. The number of anilines is 2. The molecule has 0 aliphatic rings. The summed E-state index contributed by atoms with van der Waals surface area (Å²) in [6.07, 6.45) is 3.24. The van der Waals surface area contributed by atoms with E-state index in [1.165, 1.54) is 31.5 Å². The van der Waals surface area contributed by atoms with E-state index in [0.717, 1.165) is 12.8 Å². The van der Waals surface area contributed by atoms with Crippen molar-refractivity contribution in [3.05, 3.63) is 113 Å². The molecule has 0 aliphatic heterocycles. The molecule has 11 nitrogen and oxygen atoms in total. The van der Waals surface area contributed by atoms with Gasteiger partial charge in [0.25, 0.3) is 5.91 Å². The number of carbonyl (C=O) groups is 4. The number of nitrogens with zero attached hydrogens (tertiary/aromatic N) is 1. The molecule has 0 spiro atoms. The van der Waals surface area contributed by atoms with Gasteiger partial charge in [0, 0.05) is 10.7 Å². The third-order valence-electron chi connectivity index (χ3n) is 6.35. The van der Waals surface area contributed by atoms with Crippen molar-refractivity contribution >= 4 is 52.9 Å². The van der Waals surface area contributed by atoms with Crippen LogP contribution in [-0.4, -0.2) is 43.6 Å². The Balaban J connectivity index is 1.32. The second-order valence-electron chi connectivity index (χ2n) is 9.69. The van der Waals surface area contributed by atoms with Crippen molar-refractivity contribution in [2.24, 2.45) is 5.10 Å². The minimum absolute atomic E-state index is 0.129. The standard InChI is InChI=1S/C34H31ClN4O7/c1-3-4-19-45-26-16-10-23(11-17-26)34(43)46-29-18-9-22(20-30(29)44-2)21-36-39-33(42)32(41)38-28-8-6-5-7-27(28)31(40)37-25-14-12-24(35)13-15-25/h5-18,20-21H,3-4,19H2,1-2H3,(H,37,40)(H,38,41)(H,39,42)/b36-21+. The van der Waals surface area contributed by atoms with E-state index in [9.17, 15) is 19.2 Å². The highest BCUT2D eigenvalue weighted by Gasteiger charge is 2.18. The molecular weight excluding hydrogens is 612 g/mol. The Morgan fingerprint density at radius 1 is 0.848 bits per heavy atom. The molecule has 4 aromatic carbocycles. The number of esters is 1.